The summed E-state index contributed by atoms with van der Waals surface area (Å²) in [7, 11) is 0. The van der Waals surface area contributed by atoms with Crippen molar-refractivity contribution in [2.45, 2.75) is 32.7 Å². The highest BCUT2D eigenvalue weighted by Crippen LogP contribution is 2.15. The fourth-order valence-corrected chi connectivity index (χ4v) is 2.81. The van der Waals surface area contributed by atoms with Crippen LogP contribution in [-0.4, -0.2) is 31.0 Å². The van der Waals surface area contributed by atoms with Crippen LogP contribution in [0.15, 0.2) is 54.6 Å². The minimum atomic E-state index is -0.595. The Kier molecular flexibility index (Phi) is 8.82. The molecule has 0 bridgehead atoms. The molecule has 2 rings (SSSR count). The molecule has 0 aliphatic heterocycles. The number of benzene rings is 2. The molecular weight excluding hydrogens is 376 g/mol. The number of ether oxygens (including phenoxy) is 1. The van der Waals surface area contributed by atoms with Gasteiger partial charge in [-0.05, 0) is 42.2 Å². The van der Waals surface area contributed by atoms with Gasteiger partial charge in [0.2, 0.25) is 5.91 Å². The molecule has 2 aromatic carbocycles. The van der Waals surface area contributed by atoms with E-state index in [1.54, 1.807) is 24.3 Å². The Balaban J connectivity index is 1.84. The first-order valence-corrected chi connectivity index (χ1v) is 9.86. The molecular formula is C22H27ClN2O3. The smallest absolute Gasteiger partial charge is 0.258 e. The van der Waals surface area contributed by atoms with Crippen molar-refractivity contribution in [2.75, 3.05) is 13.2 Å². The molecule has 0 saturated heterocycles. The minimum Gasteiger partial charge on any atom is -0.484 e. The summed E-state index contributed by atoms with van der Waals surface area (Å²) in [5.41, 5.74) is 1.16. The van der Waals surface area contributed by atoms with Gasteiger partial charge in [0, 0.05) is 11.6 Å². The maximum Gasteiger partial charge on any atom is 0.258 e. The fraction of sp³-hybridized carbons (Fsp3) is 0.364. The Morgan fingerprint density at radius 1 is 1.07 bits per heavy atom. The molecule has 28 heavy (non-hydrogen) atoms. The number of nitrogens with one attached hydrogen (secondary N) is 2. The molecule has 150 valence electrons. The maximum atomic E-state index is 12.6. The summed E-state index contributed by atoms with van der Waals surface area (Å²) in [6, 6.07) is 16.1. The molecule has 6 heteroatoms. The Hall–Kier alpha value is -2.53. The van der Waals surface area contributed by atoms with E-state index in [1.165, 1.54) is 0 Å². The van der Waals surface area contributed by atoms with Gasteiger partial charge in [-0.2, -0.15) is 0 Å². The zero-order valence-corrected chi connectivity index (χ0v) is 17.0. The highest BCUT2D eigenvalue weighted by Gasteiger charge is 2.25. The lowest BCUT2D eigenvalue weighted by Crippen LogP contribution is -2.51. The fourth-order valence-electron chi connectivity index (χ4n) is 2.68. The summed E-state index contributed by atoms with van der Waals surface area (Å²) in [6.07, 6.45) is 1.52. The highest BCUT2D eigenvalue weighted by atomic mass is 35.5. The SMILES string of the molecule is CCC(C)C(NC(=O)COc1ccc(Cl)cc1)C(=O)NCCc1ccccc1. The minimum absolute atomic E-state index is 0.0104. The van der Waals surface area contributed by atoms with Crippen LogP contribution in [0.4, 0.5) is 0 Å². The summed E-state index contributed by atoms with van der Waals surface area (Å²) in [5.74, 6) is 0.0479. The van der Waals surface area contributed by atoms with E-state index in [4.69, 9.17) is 16.3 Å². The van der Waals surface area contributed by atoms with Gasteiger partial charge in [-0.3, -0.25) is 9.59 Å². The number of amides is 2. The highest BCUT2D eigenvalue weighted by molar-refractivity contribution is 6.30. The van der Waals surface area contributed by atoms with Crippen LogP contribution in [0.1, 0.15) is 25.8 Å². The van der Waals surface area contributed by atoms with Crippen molar-refractivity contribution in [2.24, 2.45) is 5.92 Å². The molecule has 0 aromatic heterocycles. The third-order valence-electron chi connectivity index (χ3n) is 4.55. The maximum absolute atomic E-state index is 12.6. The predicted molar refractivity (Wildman–Crippen MR) is 111 cm³/mol. The Morgan fingerprint density at radius 3 is 2.39 bits per heavy atom. The molecule has 2 amide bonds. The Labute approximate surface area is 171 Å². The van der Waals surface area contributed by atoms with Gasteiger partial charge in [-0.25, -0.2) is 0 Å². The first-order valence-electron chi connectivity index (χ1n) is 9.49. The van der Waals surface area contributed by atoms with E-state index >= 15 is 0 Å². The normalized spacial score (nSPS) is 12.7. The molecule has 2 aromatic rings. The van der Waals surface area contributed by atoms with Crippen LogP contribution < -0.4 is 15.4 Å². The molecule has 0 fully saturated rings. The topological polar surface area (TPSA) is 67.4 Å². The average Bonchev–Trinajstić information content (AvgIpc) is 2.71. The lowest BCUT2D eigenvalue weighted by molar-refractivity contribution is -0.131. The largest absolute Gasteiger partial charge is 0.484 e. The lowest BCUT2D eigenvalue weighted by Gasteiger charge is -2.23. The van der Waals surface area contributed by atoms with Crippen LogP contribution in [0.5, 0.6) is 5.75 Å². The van der Waals surface area contributed by atoms with Gasteiger partial charge in [0.25, 0.3) is 5.91 Å². The molecule has 2 atom stereocenters. The van der Waals surface area contributed by atoms with Crippen molar-refractivity contribution in [3.05, 3.63) is 65.2 Å². The van der Waals surface area contributed by atoms with Gasteiger partial charge < -0.3 is 15.4 Å². The van der Waals surface area contributed by atoms with Crippen LogP contribution in [-0.2, 0) is 16.0 Å². The molecule has 0 aliphatic rings. The standard InChI is InChI=1S/C22H27ClN2O3/c1-3-16(2)21(22(27)24-14-13-17-7-5-4-6-8-17)25-20(26)15-28-19-11-9-18(23)10-12-19/h4-12,16,21H,3,13-15H2,1-2H3,(H,24,27)(H,25,26). The van der Waals surface area contributed by atoms with Gasteiger partial charge >= 0.3 is 0 Å². The molecule has 0 saturated carbocycles. The summed E-state index contributed by atoms with van der Waals surface area (Å²) in [4.78, 5) is 24.9. The number of carbonyl (C=O) groups excluding carboxylic acids is 2. The molecule has 0 heterocycles. The number of carbonyl (C=O) groups is 2. The summed E-state index contributed by atoms with van der Waals surface area (Å²) in [6.45, 7) is 4.30. The van der Waals surface area contributed by atoms with E-state index in [1.807, 2.05) is 44.2 Å². The monoisotopic (exact) mass is 402 g/mol. The lowest BCUT2D eigenvalue weighted by atomic mass is 9.98. The first kappa shape index (κ1) is 21.8. The molecule has 0 aliphatic carbocycles. The molecule has 2 N–H and O–H groups in total. The van der Waals surface area contributed by atoms with Crippen LogP contribution >= 0.6 is 11.6 Å². The second kappa shape index (κ2) is 11.3. The number of rotatable bonds is 10. The predicted octanol–water partition coefficient (Wildman–Crippen LogP) is 3.61. The van der Waals surface area contributed by atoms with E-state index < -0.39 is 6.04 Å². The van der Waals surface area contributed by atoms with Gasteiger partial charge in [-0.15, -0.1) is 0 Å². The quantitative estimate of drug-likeness (QED) is 0.638. The van der Waals surface area contributed by atoms with E-state index in [0.29, 0.717) is 17.3 Å². The molecule has 0 spiro atoms. The second-order valence-electron chi connectivity index (χ2n) is 6.70. The average molecular weight is 403 g/mol. The number of hydrogen-bond acceptors (Lipinski definition) is 3. The zero-order valence-electron chi connectivity index (χ0n) is 16.3. The van der Waals surface area contributed by atoms with Crippen molar-refractivity contribution in [3.8, 4) is 5.75 Å². The van der Waals surface area contributed by atoms with Crippen LogP contribution in [0, 0.1) is 5.92 Å². The van der Waals surface area contributed by atoms with Crippen molar-refractivity contribution in [3.63, 3.8) is 0 Å². The first-order chi connectivity index (χ1) is 13.5. The summed E-state index contributed by atoms with van der Waals surface area (Å²) in [5, 5.41) is 6.32. The van der Waals surface area contributed by atoms with Crippen LogP contribution in [0.2, 0.25) is 5.02 Å². The van der Waals surface area contributed by atoms with Gasteiger partial charge in [0.1, 0.15) is 11.8 Å². The van der Waals surface area contributed by atoms with Crippen LogP contribution in [0.3, 0.4) is 0 Å². The van der Waals surface area contributed by atoms with E-state index in [2.05, 4.69) is 10.6 Å². The van der Waals surface area contributed by atoms with Crippen molar-refractivity contribution >= 4 is 23.4 Å². The van der Waals surface area contributed by atoms with E-state index in [0.717, 1.165) is 18.4 Å². The van der Waals surface area contributed by atoms with Crippen molar-refractivity contribution in [1.82, 2.24) is 10.6 Å². The Bertz CT molecular complexity index is 750. The zero-order chi connectivity index (χ0) is 20.4. The Morgan fingerprint density at radius 2 is 1.75 bits per heavy atom. The third-order valence-corrected chi connectivity index (χ3v) is 4.80. The van der Waals surface area contributed by atoms with Crippen LogP contribution in [0.25, 0.3) is 0 Å². The third kappa shape index (κ3) is 7.24. The summed E-state index contributed by atoms with van der Waals surface area (Å²) >= 11 is 5.83. The number of hydrogen-bond donors (Lipinski definition) is 2. The van der Waals surface area contributed by atoms with E-state index in [-0.39, 0.29) is 24.3 Å². The second-order valence-corrected chi connectivity index (χ2v) is 7.14. The summed E-state index contributed by atoms with van der Waals surface area (Å²) < 4.78 is 5.45. The van der Waals surface area contributed by atoms with E-state index in [9.17, 15) is 9.59 Å². The van der Waals surface area contributed by atoms with Gasteiger partial charge in [-0.1, -0.05) is 62.2 Å². The van der Waals surface area contributed by atoms with Crippen molar-refractivity contribution < 1.29 is 14.3 Å². The number of halogens is 1. The van der Waals surface area contributed by atoms with Crippen molar-refractivity contribution in [1.29, 1.82) is 0 Å². The van der Waals surface area contributed by atoms with Gasteiger partial charge in [0.05, 0.1) is 0 Å². The molecule has 0 radical (unpaired) electrons. The molecule has 2 unspecified atom stereocenters. The molecule has 5 nitrogen and oxygen atoms in total. The van der Waals surface area contributed by atoms with Gasteiger partial charge in [0.15, 0.2) is 6.61 Å².